The van der Waals surface area contributed by atoms with Gasteiger partial charge in [-0.25, -0.2) is 0 Å². The first-order chi connectivity index (χ1) is 9.97. The van der Waals surface area contributed by atoms with Gasteiger partial charge in [-0.2, -0.15) is 4.98 Å². The second-order valence-electron chi connectivity index (χ2n) is 5.76. The van der Waals surface area contributed by atoms with Gasteiger partial charge in [0.1, 0.15) is 0 Å². The van der Waals surface area contributed by atoms with Crippen molar-refractivity contribution >= 4 is 5.91 Å². The van der Waals surface area contributed by atoms with Crippen molar-refractivity contribution in [3.63, 3.8) is 0 Å². The smallest absolute Gasteiger partial charge is 0.227 e. The highest BCUT2D eigenvalue weighted by Gasteiger charge is 2.21. The Morgan fingerprint density at radius 2 is 2.00 bits per heavy atom. The Hall–Kier alpha value is -2.17. The minimum atomic E-state index is -0.0992. The third kappa shape index (κ3) is 4.41. The number of nitrogens with zero attached hydrogens (tertiary/aromatic N) is 2. The summed E-state index contributed by atoms with van der Waals surface area (Å²) in [6, 6.07) is 10.2. The topological polar surface area (TPSA) is 68.0 Å². The van der Waals surface area contributed by atoms with E-state index in [0.29, 0.717) is 31.1 Å². The van der Waals surface area contributed by atoms with Crippen LogP contribution in [0.2, 0.25) is 0 Å². The van der Waals surface area contributed by atoms with Crippen LogP contribution < -0.4 is 5.32 Å². The molecule has 1 amide bonds. The number of benzene rings is 1. The van der Waals surface area contributed by atoms with Crippen LogP contribution in [0.25, 0.3) is 0 Å². The summed E-state index contributed by atoms with van der Waals surface area (Å²) in [5, 5.41) is 6.67. The predicted octanol–water partition coefficient (Wildman–Crippen LogP) is 2.40. The molecule has 0 radical (unpaired) electrons. The van der Waals surface area contributed by atoms with Gasteiger partial charge in [-0.1, -0.05) is 49.3 Å². The Labute approximate surface area is 124 Å². The molecular weight excluding hydrogens is 266 g/mol. The van der Waals surface area contributed by atoms with Crippen molar-refractivity contribution < 1.29 is 9.32 Å². The van der Waals surface area contributed by atoms with E-state index in [1.54, 1.807) is 6.92 Å². The highest BCUT2D eigenvalue weighted by Crippen LogP contribution is 2.21. The number of hydrogen-bond donors (Lipinski definition) is 1. The van der Waals surface area contributed by atoms with Gasteiger partial charge < -0.3 is 9.84 Å². The molecule has 21 heavy (non-hydrogen) atoms. The third-order valence-corrected chi connectivity index (χ3v) is 3.42. The molecule has 0 fully saturated rings. The van der Waals surface area contributed by atoms with Crippen LogP contribution in [0, 0.1) is 6.92 Å². The van der Waals surface area contributed by atoms with E-state index >= 15 is 0 Å². The molecule has 0 unspecified atom stereocenters. The normalized spacial score (nSPS) is 11.4. The molecule has 112 valence electrons. The first-order valence-corrected chi connectivity index (χ1v) is 7.09. The van der Waals surface area contributed by atoms with Gasteiger partial charge in [0.25, 0.3) is 0 Å². The standard InChI is InChI=1S/C16H21N3O2/c1-12-18-15(21-19-12)10-9-14(20)17-11-16(2,3)13-7-5-4-6-8-13/h4-8H,9-11H2,1-3H3,(H,17,20). The molecular formula is C16H21N3O2. The SMILES string of the molecule is Cc1noc(CCC(=O)NCC(C)(C)c2ccccc2)n1. The van der Waals surface area contributed by atoms with Crippen LogP contribution in [-0.4, -0.2) is 22.6 Å². The van der Waals surface area contributed by atoms with Gasteiger partial charge in [0.05, 0.1) is 0 Å². The van der Waals surface area contributed by atoms with Gasteiger partial charge in [-0.15, -0.1) is 0 Å². The first-order valence-electron chi connectivity index (χ1n) is 7.09. The largest absolute Gasteiger partial charge is 0.355 e. The molecule has 0 aliphatic heterocycles. The summed E-state index contributed by atoms with van der Waals surface area (Å²) in [5.74, 6) is 1.09. The minimum absolute atomic E-state index is 0.00476. The number of aryl methyl sites for hydroxylation is 2. The average Bonchev–Trinajstić information content (AvgIpc) is 2.90. The fourth-order valence-electron chi connectivity index (χ4n) is 2.06. The van der Waals surface area contributed by atoms with Crippen LogP contribution in [-0.2, 0) is 16.6 Å². The Morgan fingerprint density at radius 3 is 2.62 bits per heavy atom. The van der Waals surface area contributed by atoms with Crippen molar-refractivity contribution in [1.82, 2.24) is 15.5 Å². The Balaban J connectivity index is 1.80. The molecule has 0 atom stereocenters. The van der Waals surface area contributed by atoms with Crippen LogP contribution in [0.5, 0.6) is 0 Å². The molecule has 1 heterocycles. The summed E-state index contributed by atoms with van der Waals surface area (Å²) < 4.78 is 4.99. The van der Waals surface area contributed by atoms with Crippen LogP contribution in [0.4, 0.5) is 0 Å². The number of rotatable bonds is 6. The van der Waals surface area contributed by atoms with Crippen molar-refractivity contribution in [2.24, 2.45) is 0 Å². The van der Waals surface area contributed by atoms with E-state index in [9.17, 15) is 4.79 Å². The minimum Gasteiger partial charge on any atom is -0.355 e. The van der Waals surface area contributed by atoms with E-state index in [4.69, 9.17) is 4.52 Å². The molecule has 1 N–H and O–H groups in total. The quantitative estimate of drug-likeness (QED) is 0.886. The monoisotopic (exact) mass is 287 g/mol. The van der Waals surface area contributed by atoms with Gasteiger partial charge >= 0.3 is 0 Å². The molecule has 5 nitrogen and oxygen atoms in total. The van der Waals surface area contributed by atoms with E-state index in [2.05, 4.69) is 41.4 Å². The summed E-state index contributed by atoms with van der Waals surface area (Å²) in [4.78, 5) is 16.0. The summed E-state index contributed by atoms with van der Waals surface area (Å²) in [6.07, 6.45) is 0.824. The number of hydrogen-bond acceptors (Lipinski definition) is 4. The maximum atomic E-state index is 11.9. The van der Waals surface area contributed by atoms with Gasteiger partial charge in [0, 0.05) is 24.8 Å². The lowest BCUT2D eigenvalue weighted by molar-refractivity contribution is -0.121. The Morgan fingerprint density at radius 1 is 1.29 bits per heavy atom. The lowest BCUT2D eigenvalue weighted by atomic mass is 9.84. The van der Waals surface area contributed by atoms with Gasteiger partial charge in [0.15, 0.2) is 5.82 Å². The molecule has 0 bridgehead atoms. The molecule has 0 aliphatic carbocycles. The lowest BCUT2D eigenvalue weighted by Crippen LogP contribution is -2.36. The molecule has 1 aromatic carbocycles. The van der Waals surface area contributed by atoms with Crippen molar-refractivity contribution in [1.29, 1.82) is 0 Å². The second-order valence-corrected chi connectivity index (χ2v) is 5.76. The van der Waals surface area contributed by atoms with Gasteiger partial charge in [-0.3, -0.25) is 4.79 Å². The maximum absolute atomic E-state index is 11.9. The second kappa shape index (κ2) is 6.52. The molecule has 0 aliphatic rings. The first kappa shape index (κ1) is 15.2. The van der Waals surface area contributed by atoms with Crippen molar-refractivity contribution in [3.8, 4) is 0 Å². The van der Waals surface area contributed by atoms with E-state index in [1.165, 1.54) is 5.56 Å². The molecule has 1 aromatic heterocycles. The van der Waals surface area contributed by atoms with Crippen molar-refractivity contribution in [2.45, 2.75) is 39.0 Å². The molecule has 0 saturated carbocycles. The van der Waals surface area contributed by atoms with E-state index in [-0.39, 0.29) is 11.3 Å². The van der Waals surface area contributed by atoms with Crippen LogP contribution in [0.1, 0.15) is 37.5 Å². The number of aromatic nitrogens is 2. The third-order valence-electron chi connectivity index (χ3n) is 3.42. The van der Waals surface area contributed by atoms with Gasteiger partial charge in [0.2, 0.25) is 11.8 Å². The molecule has 0 saturated heterocycles. The van der Waals surface area contributed by atoms with Crippen LogP contribution in [0.3, 0.4) is 0 Å². The molecule has 2 aromatic rings. The fraction of sp³-hybridized carbons (Fsp3) is 0.438. The fourth-order valence-corrected chi connectivity index (χ4v) is 2.06. The zero-order valence-electron chi connectivity index (χ0n) is 12.7. The summed E-state index contributed by atoms with van der Waals surface area (Å²) >= 11 is 0. The Bertz CT molecular complexity index is 591. The number of amides is 1. The summed E-state index contributed by atoms with van der Waals surface area (Å²) in [5.41, 5.74) is 1.11. The number of carbonyl (C=O) groups is 1. The molecule has 2 rings (SSSR count). The lowest BCUT2D eigenvalue weighted by Gasteiger charge is -2.25. The van der Waals surface area contributed by atoms with E-state index < -0.39 is 0 Å². The number of carbonyl (C=O) groups excluding carboxylic acids is 1. The zero-order valence-corrected chi connectivity index (χ0v) is 12.7. The van der Waals surface area contributed by atoms with Crippen LogP contribution in [0.15, 0.2) is 34.9 Å². The van der Waals surface area contributed by atoms with Crippen LogP contribution >= 0.6 is 0 Å². The highest BCUT2D eigenvalue weighted by atomic mass is 16.5. The maximum Gasteiger partial charge on any atom is 0.227 e. The Kier molecular flexibility index (Phi) is 4.73. The van der Waals surface area contributed by atoms with Crippen molar-refractivity contribution in [3.05, 3.63) is 47.6 Å². The molecule has 5 heteroatoms. The predicted molar refractivity (Wildman–Crippen MR) is 79.8 cm³/mol. The molecule has 0 spiro atoms. The van der Waals surface area contributed by atoms with E-state index in [0.717, 1.165) is 0 Å². The highest BCUT2D eigenvalue weighted by molar-refractivity contribution is 5.76. The zero-order chi connectivity index (χ0) is 15.3. The van der Waals surface area contributed by atoms with E-state index in [1.807, 2.05) is 18.2 Å². The summed E-state index contributed by atoms with van der Waals surface area (Å²) in [6.45, 7) is 6.59. The van der Waals surface area contributed by atoms with Gasteiger partial charge in [-0.05, 0) is 12.5 Å². The number of nitrogens with one attached hydrogen (secondary N) is 1. The van der Waals surface area contributed by atoms with Crippen molar-refractivity contribution in [2.75, 3.05) is 6.54 Å². The summed E-state index contributed by atoms with van der Waals surface area (Å²) in [7, 11) is 0. The average molecular weight is 287 g/mol.